The van der Waals surface area contributed by atoms with Crippen molar-refractivity contribution in [2.75, 3.05) is 32.6 Å². The van der Waals surface area contributed by atoms with Gasteiger partial charge >= 0.3 is 0 Å². The van der Waals surface area contributed by atoms with Crippen molar-refractivity contribution in [3.8, 4) is 0 Å². The third kappa shape index (κ3) is 3.88. The van der Waals surface area contributed by atoms with Crippen LogP contribution in [0.2, 0.25) is 0 Å². The highest BCUT2D eigenvalue weighted by molar-refractivity contribution is 7.16. The summed E-state index contributed by atoms with van der Waals surface area (Å²) >= 11 is 1.61. The number of hydrazine groups is 1. The van der Waals surface area contributed by atoms with Crippen molar-refractivity contribution in [1.82, 2.24) is 19.8 Å². The van der Waals surface area contributed by atoms with E-state index < -0.39 is 0 Å². The minimum absolute atomic E-state index is 0.446. The standard InChI is InChI=1S/C14H24N6S/c1-5-20(10(2)8-19(3)4)9-12-16-13(18-15)11-6-7-21-14(11)17-12/h6-7,10H,5,8-9,15H2,1-4H3,(H,16,17,18). The summed E-state index contributed by atoms with van der Waals surface area (Å²) in [5.74, 6) is 7.09. The lowest BCUT2D eigenvalue weighted by molar-refractivity contribution is 0.171. The van der Waals surface area contributed by atoms with Crippen LogP contribution in [-0.4, -0.2) is 53.0 Å². The molecule has 0 spiro atoms. The smallest absolute Gasteiger partial charge is 0.152 e. The van der Waals surface area contributed by atoms with Crippen LogP contribution in [0.15, 0.2) is 11.4 Å². The first-order valence-electron chi connectivity index (χ1n) is 7.14. The maximum absolute atomic E-state index is 5.58. The lowest BCUT2D eigenvalue weighted by Crippen LogP contribution is -2.39. The van der Waals surface area contributed by atoms with Gasteiger partial charge in [-0.1, -0.05) is 6.92 Å². The number of nitrogens with two attached hydrogens (primary N) is 1. The number of thiophene rings is 1. The van der Waals surface area contributed by atoms with E-state index in [1.54, 1.807) is 11.3 Å². The van der Waals surface area contributed by atoms with E-state index >= 15 is 0 Å². The molecule has 1 unspecified atom stereocenters. The molecular weight excluding hydrogens is 284 g/mol. The van der Waals surface area contributed by atoms with Gasteiger partial charge < -0.3 is 10.3 Å². The molecule has 2 rings (SSSR count). The van der Waals surface area contributed by atoms with Crippen molar-refractivity contribution in [3.05, 3.63) is 17.3 Å². The molecule has 6 nitrogen and oxygen atoms in total. The molecule has 0 aliphatic heterocycles. The molecule has 0 bridgehead atoms. The molecule has 0 aliphatic carbocycles. The molecule has 1 atom stereocenters. The number of aromatic nitrogens is 2. The Morgan fingerprint density at radius 1 is 1.38 bits per heavy atom. The highest BCUT2D eigenvalue weighted by Gasteiger charge is 2.16. The maximum atomic E-state index is 5.58. The Morgan fingerprint density at radius 3 is 2.76 bits per heavy atom. The van der Waals surface area contributed by atoms with E-state index in [0.717, 1.165) is 35.7 Å². The third-order valence-corrected chi connectivity index (χ3v) is 4.32. The van der Waals surface area contributed by atoms with E-state index in [0.29, 0.717) is 11.9 Å². The molecular formula is C14H24N6S. The van der Waals surface area contributed by atoms with Crippen molar-refractivity contribution >= 4 is 27.4 Å². The minimum atomic E-state index is 0.446. The predicted molar refractivity (Wildman–Crippen MR) is 89.3 cm³/mol. The molecule has 0 aliphatic rings. The maximum Gasteiger partial charge on any atom is 0.152 e. The van der Waals surface area contributed by atoms with Gasteiger partial charge in [0, 0.05) is 12.6 Å². The van der Waals surface area contributed by atoms with Crippen LogP contribution in [0.5, 0.6) is 0 Å². The monoisotopic (exact) mass is 308 g/mol. The van der Waals surface area contributed by atoms with Crippen LogP contribution in [-0.2, 0) is 6.54 Å². The molecule has 2 aromatic heterocycles. The second-order valence-corrected chi connectivity index (χ2v) is 6.34. The quantitative estimate of drug-likeness (QED) is 0.600. The Labute approximate surface area is 129 Å². The second kappa shape index (κ2) is 7.13. The van der Waals surface area contributed by atoms with Crippen LogP contribution in [0.1, 0.15) is 19.7 Å². The van der Waals surface area contributed by atoms with E-state index in [1.807, 2.05) is 11.4 Å². The van der Waals surface area contributed by atoms with Gasteiger partial charge in [-0.05, 0) is 39.0 Å². The first-order chi connectivity index (χ1) is 10.0. The fourth-order valence-electron chi connectivity index (χ4n) is 2.49. The van der Waals surface area contributed by atoms with Crippen LogP contribution < -0.4 is 11.3 Å². The third-order valence-electron chi connectivity index (χ3n) is 3.51. The van der Waals surface area contributed by atoms with E-state index in [-0.39, 0.29) is 0 Å². The summed E-state index contributed by atoms with van der Waals surface area (Å²) in [6.45, 7) is 7.10. The van der Waals surface area contributed by atoms with Gasteiger partial charge in [-0.2, -0.15) is 0 Å². The first-order valence-corrected chi connectivity index (χ1v) is 8.02. The van der Waals surface area contributed by atoms with Gasteiger partial charge in [0.25, 0.3) is 0 Å². The highest BCUT2D eigenvalue weighted by Crippen LogP contribution is 2.24. The van der Waals surface area contributed by atoms with Gasteiger partial charge in [0.1, 0.15) is 10.7 Å². The van der Waals surface area contributed by atoms with Crippen LogP contribution >= 0.6 is 11.3 Å². The second-order valence-electron chi connectivity index (χ2n) is 5.45. The zero-order valence-corrected chi connectivity index (χ0v) is 13.9. The van der Waals surface area contributed by atoms with Crippen LogP contribution in [0.3, 0.4) is 0 Å². The van der Waals surface area contributed by atoms with Gasteiger partial charge in [-0.3, -0.25) is 4.90 Å². The summed E-state index contributed by atoms with van der Waals surface area (Å²) in [5, 5.41) is 2.99. The molecule has 0 amide bonds. The number of hydrogen-bond donors (Lipinski definition) is 2. The Hall–Kier alpha value is -1.28. The number of nitrogen functional groups attached to an aromatic ring is 1. The minimum Gasteiger partial charge on any atom is -0.308 e. The lowest BCUT2D eigenvalue weighted by Gasteiger charge is -2.29. The van der Waals surface area contributed by atoms with Crippen molar-refractivity contribution in [3.63, 3.8) is 0 Å². The number of fused-ring (bicyclic) bond motifs is 1. The molecule has 0 saturated carbocycles. The highest BCUT2D eigenvalue weighted by atomic mass is 32.1. The Balaban J connectivity index is 2.20. The summed E-state index contributed by atoms with van der Waals surface area (Å²) in [6.07, 6.45) is 0. The van der Waals surface area contributed by atoms with Crippen LogP contribution in [0, 0.1) is 0 Å². The predicted octanol–water partition coefficient (Wildman–Crippen LogP) is 1.75. The number of nitrogens with one attached hydrogen (secondary N) is 1. The Morgan fingerprint density at radius 2 is 2.14 bits per heavy atom. The molecule has 0 aromatic carbocycles. The van der Waals surface area contributed by atoms with Gasteiger partial charge in [0.15, 0.2) is 5.82 Å². The van der Waals surface area contributed by atoms with Crippen molar-refractivity contribution < 1.29 is 0 Å². The van der Waals surface area contributed by atoms with Gasteiger partial charge in [0.2, 0.25) is 0 Å². The molecule has 2 aromatic rings. The number of likely N-dealkylation sites (N-methyl/N-ethyl adjacent to an activating group) is 2. The molecule has 0 saturated heterocycles. The molecule has 0 radical (unpaired) electrons. The normalized spacial score (nSPS) is 13.3. The number of nitrogens with zero attached hydrogens (tertiary/aromatic N) is 4. The Kier molecular flexibility index (Phi) is 5.46. The van der Waals surface area contributed by atoms with Crippen molar-refractivity contribution in [2.45, 2.75) is 26.4 Å². The summed E-state index contributed by atoms with van der Waals surface area (Å²) < 4.78 is 0. The topological polar surface area (TPSA) is 70.3 Å². The largest absolute Gasteiger partial charge is 0.308 e. The van der Waals surface area contributed by atoms with Crippen molar-refractivity contribution in [2.24, 2.45) is 5.84 Å². The molecule has 7 heteroatoms. The fourth-order valence-corrected chi connectivity index (χ4v) is 3.27. The van der Waals surface area contributed by atoms with Crippen LogP contribution in [0.4, 0.5) is 5.82 Å². The molecule has 2 heterocycles. The number of hydrogen-bond acceptors (Lipinski definition) is 7. The zero-order valence-electron chi connectivity index (χ0n) is 13.1. The fraction of sp³-hybridized carbons (Fsp3) is 0.571. The zero-order chi connectivity index (χ0) is 15.4. The summed E-state index contributed by atoms with van der Waals surface area (Å²) in [5.41, 5.74) is 2.68. The Bertz CT molecular complexity index is 582. The summed E-state index contributed by atoms with van der Waals surface area (Å²) in [7, 11) is 4.18. The SMILES string of the molecule is CCN(Cc1nc(NN)c2ccsc2n1)C(C)CN(C)C. The van der Waals surface area contributed by atoms with E-state index in [4.69, 9.17) is 5.84 Å². The average molecular weight is 308 g/mol. The number of anilines is 1. The summed E-state index contributed by atoms with van der Waals surface area (Å²) in [4.78, 5) is 14.7. The number of rotatable bonds is 7. The van der Waals surface area contributed by atoms with Gasteiger partial charge in [0.05, 0.1) is 11.9 Å². The van der Waals surface area contributed by atoms with E-state index in [2.05, 4.69) is 53.1 Å². The lowest BCUT2D eigenvalue weighted by atomic mass is 10.2. The van der Waals surface area contributed by atoms with Gasteiger partial charge in [-0.15, -0.1) is 11.3 Å². The van der Waals surface area contributed by atoms with Crippen LogP contribution in [0.25, 0.3) is 10.2 Å². The van der Waals surface area contributed by atoms with Crippen molar-refractivity contribution in [1.29, 1.82) is 0 Å². The van der Waals surface area contributed by atoms with E-state index in [9.17, 15) is 0 Å². The molecule has 3 N–H and O–H groups in total. The van der Waals surface area contributed by atoms with E-state index in [1.165, 1.54) is 0 Å². The van der Waals surface area contributed by atoms with Gasteiger partial charge in [-0.25, -0.2) is 15.8 Å². The molecule has 0 fully saturated rings. The molecule has 21 heavy (non-hydrogen) atoms. The molecule has 116 valence electrons. The summed E-state index contributed by atoms with van der Waals surface area (Å²) in [6, 6.07) is 2.44. The average Bonchev–Trinajstić information content (AvgIpc) is 2.91. The first kappa shape index (κ1) is 16.1.